The van der Waals surface area contributed by atoms with Crippen molar-refractivity contribution < 1.29 is 13.2 Å². The zero-order valence-electron chi connectivity index (χ0n) is 14.2. The van der Waals surface area contributed by atoms with Crippen LogP contribution in [0.1, 0.15) is 13.8 Å². The van der Waals surface area contributed by atoms with E-state index in [0.717, 1.165) is 13.1 Å². The largest absolute Gasteiger partial charge is 0.492 e. The summed E-state index contributed by atoms with van der Waals surface area (Å²) < 4.78 is 31.0. The molecule has 0 aromatic heterocycles. The third kappa shape index (κ3) is 4.62. The van der Waals surface area contributed by atoms with Crippen LogP contribution in [0.2, 0.25) is 0 Å². The van der Waals surface area contributed by atoms with Gasteiger partial charge in [-0.15, -0.1) is 0 Å². The zero-order valence-corrected chi connectivity index (χ0v) is 15.9. The molecule has 0 radical (unpaired) electrons. The Bertz CT molecular complexity index is 602. The number of hydrogen-bond acceptors (Lipinski definition) is 5. The van der Waals surface area contributed by atoms with Gasteiger partial charge in [0.05, 0.1) is 4.90 Å². The molecule has 0 saturated carbocycles. The second-order valence-electron chi connectivity index (χ2n) is 5.96. The Morgan fingerprint density at radius 2 is 1.91 bits per heavy atom. The summed E-state index contributed by atoms with van der Waals surface area (Å²) in [6, 6.07) is 7.17. The van der Waals surface area contributed by atoms with Crippen molar-refractivity contribution in [2.45, 2.75) is 30.0 Å². The molecule has 2 unspecified atom stereocenters. The molecule has 1 saturated heterocycles. The normalized spacial score (nSPS) is 23.2. The van der Waals surface area contributed by atoms with Gasteiger partial charge < -0.3 is 4.74 Å². The van der Waals surface area contributed by atoms with Crippen molar-refractivity contribution in [2.75, 3.05) is 39.5 Å². The number of nitrogens with zero attached hydrogens (tertiary/aromatic N) is 2. The van der Waals surface area contributed by atoms with Crippen LogP contribution in [0.15, 0.2) is 29.2 Å². The second kappa shape index (κ2) is 7.88. The Hall–Kier alpha value is -0.760. The van der Waals surface area contributed by atoms with E-state index in [9.17, 15) is 8.42 Å². The first kappa shape index (κ1) is 18.6. The second-order valence-corrected chi connectivity index (χ2v) is 9.60. The molecule has 1 aliphatic rings. The molecular formula is C16H26N2O3S2. The van der Waals surface area contributed by atoms with E-state index in [1.807, 2.05) is 11.8 Å². The van der Waals surface area contributed by atoms with Crippen molar-refractivity contribution in [1.82, 2.24) is 9.21 Å². The van der Waals surface area contributed by atoms with Crippen molar-refractivity contribution in [3.8, 4) is 5.75 Å². The lowest BCUT2D eigenvalue weighted by Crippen LogP contribution is -2.46. The van der Waals surface area contributed by atoms with Crippen molar-refractivity contribution in [1.29, 1.82) is 0 Å². The highest BCUT2D eigenvalue weighted by atomic mass is 32.2. The molecule has 0 amide bonds. The summed E-state index contributed by atoms with van der Waals surface area (Å²) in [5.41, 5.74) is 0. The molecule has 1 heterocycles. The number of hydrogen-bond donors (Lipinski definition) is 0. The van der Waals surface area contributed by atoms with Gasteiger partial charge in [-0.3, -0.25) is 4.90 Å². The van der Waals surface area contributed by atoms with E-state index in [4.69, 9.17) is 4.74 Å². The SMILES string of the molecule is CC1SCCN(CCOc2ccc(S(=O)(=O)N(C)C)cc2)C1C. The summed E-state index contributed by atoms with van der Waals surface area (Å²) in [6.45, 7) is 7.13. The van der Waals surface area contributed by atoms with Crippen LogP contribution in [0.5, 0.6) is 5.75 Å². The van der Waals surface area contributed by atoms with Gasteiger partial charge in [-0.25, -0.2) is 12.7 Å². The van der Waals surface area contributed by atoms with E-state index < -0.39 is 10.0 Å². The van der Waals surface area contributed by atoms with Crippen LogP contribution >= 0.6 is 11.8 Å². The van der Waals surface area contributed by atoms with E-state index in [0.29, 0.717) is 23.6 Å². The van der Waals surface area contributed by atoms with Gasteiger partial charge in [-0.1, -0.05) is 6.92 Å². The maximum atomic E-state index is 12.0. The molecule has 1 aromatic rings. The Balaban J connectivity index is 1.87. The molecule has 0 aliphatic carbocycles. The minimum atomic E-state index is -3.38. The van der Waals surface area contributed by atoms with Gasteiger partial charge in [-0.2, -0.15) is 11.8 Å². The molecule has 1 aliphatic heterocycles. The van der Waals surface area contributed by atoms with Gasteiger partial charge in [0.25, 0.3) is 0 Å². The van der Waals surface area contributed by atoms with Gasteiger partial charge in [0.1, 0.15) is 12.4 Å². The first-order valence-corrected chi connectivity index (χ1v) is 10.3. The Kier molecular flexibility index (Phi) is 6.36. The Morgan fingerprint density at radius 3 is 2.52 bits per heavy atom. The third-order valence-corrected chi connectivity index (χ3v) is 7.43. The summed E-state index contributed by atoms with van der Waals surface area (Å²) in [4.78, 5) is 2.73. The third-order valence-electron chi connectivity index (χ3n) is 4.26. The number of ether oxygens (including phenoxy) is 1. The summed E-state index contributed by atoms with van der Waals surface area (Å²) >= 11 is 2.02. The van der Waals surface area contributed by atoms with Crippen LogP contribution in [0.4, 0.5) is 0 Å². The highest BCUT2D eigenvalue weighted by Gasteiger charge is 2.24. The van der Waals surface area contributed by atoms with Gasteiger partial charge in [0.15, 0.2) is 0 Å². The lowest BCUT2D eigenvalue weighted by molar-refractivity contribution is 0.170. The maximum absolute atomic E-state index is 12.0. The Labute approximate surface area is 144 Å². The van der Waals surface area contributed by atoms with Crippen molar-refractivity contribution in [2.24, 2.45) is 0 Å². The van der Waals surface area contributed by atoms with E-state index in [2.05, 4.69) is 18.7 Å². The zero-order chi connectivity index (χ0) is 17.0. The molecule has 0 bridgehead atoms. The van der Waals surface area contributed by atoms with Crippen LogP contribution in [-0.2, 0) is 10.0 Å². The number of rotatable bonds is 6. The predicted molar refractivity (Wildman–Crippen MR) is 95.8 cm³/mol. The highest BCUT2D eigenvalue weighted by Crippen LogP contribution is 2.24. The highest BCUT2D eigenvalue weighted by molar-refractivity contribution is 8.00. The molecule has 1 aromatic carbocycles. The van der Waals surface area contributed by atoms with Crippen LogP contribution in [0.3, 0.4) is 0 Å². The molecule has 23 heavy (non-hydrogen) atoms. The quantitative estimate of drug-likeness (QED) is 0.780. The molecule has 130 valence electrons. The van der Waals surface area contributed by atoms with E-state index in [1.54, 1.807) is 24.3 Å². The van der Waals surface area contributed by atoms with E-state index in [-0.39, 0.29) is 4.90 Å². The topological polar surface area (TPSA) is 49.9 Å². The monoisotopic (exact) mass is 358 g/mol. The van der Waals surface area contributed by atoms with Gasteiger partial charge in [-0.05, 0) is 31.2 Å². The average molecular weight is 359 g/mol. The number of benzene rings is 1. The van der Waals surface area contributed by atoms with Crippen LogP contribution in [0.25, 0.3) is 0 Å². The maximum Gasteiger partial charge on any atom is 0.242 e. The summed E-state index contributed by atoms with van der Waals surface area (Å²) in [6.07, 6.45) is 0. The molecular weight excluding hydrogens is 332 g/mol. The van der Waals surface area contributed by atoms with Crippen LogP contribution < -0.4 is 4.74 Å². The van der Waals surface area contributed by atoms with Crippen molar-refractivity contribution >= 4 is 21.8 Å². The fourth-order valence-corrected chi connectivity index (χ4v) is 4.57. The van der Waals surface area contributed by atoms with E-state index >= 15 is 0 Å². The molecule has 0 N–H and O–H groups in total. The van der Waals surface area contributed by atoms with Gasteiger partial charge in [0, 0.05) is 44.2 Å². The summed E-state index contributed by atoms with van der Waals surface area (Å²) in [5, 5.41) is 0.652. The minimum absolute atomic E-state index is 0.283. The lowest BCUT2D eigenvalue weighted by Gasteiger charge is -2.37. The van der Waals surface area contributed by atoms with Crippen molar-refractivity contribution in [3.05, 3.63) is 24.3 Å². The molecule has 7 heteroatoms. The van der Waals surface area contributed by atoms with Gasteiger partial charge in [0.2, 0.25) is 10.0 Å². The van der Waals surface area contributed by atoms with Crippen LogP contribution in [-0.4, -0.2) is 68.5 Å². The molecule has 2 atom stereocenters. The van der Waals surface area contributed by atoms with Crippen molar-refractivity contribution in [3.63, 3.8) is 0 Å². The summed E-state index contributed by atoms with van der Waals surface area (Å²) in [7, 11) is -0.324. The number of thioether (sulfide) groups is 1. The van der Waals surface area contributed by atoms with Gasteiger partial charge >= 0.3 is 0 Å². The molecule has 0 spiro atoms. The van der Waals surface area contributed by atoms with E-state index in [1.165, 1.54) is 24.2 Å². The fraction of sp³-hybridized carbons (Fsp3) is 0.625. The average Bonchev–Trinajstić information content (AvgIpc) is 2.52. The standard InChI is InChI=1S/C16H26N2O3S2/c1-13-14(2)22-12-10-18(13)9-11-21-15-5-7-16(8-6-15)23(19,20)17(3)4/h5-8,13-14H,9-12H2,1-4H3. The minimum Gasteiger partial charge on any atom is -0.492 e. The first-order chi connectivity index (χ1) is 10.8. The lowest BCUT2D eigenvalue weighted by atomic mass is 10.2. The molecule has 5 nitrogen and oxygen atoms in total. The predicted octanol–water partition coefficient (Wildman–Crippen LogP) is 2.14. The molecule has 2 rings (SSSR count). The Morgan fingerprint density at radius 1 is 1.26 bits per heavy atom. The first-order valence-electron chi connectivity index (χ1n) is 7.83. The van der Waals surface area contributed by atoms with Crippen LogP contribution in [0, 0.1) is 0 Å². The smallest absolute Gasteiger partial charge is 0.242 e. The summed E-state index contributed by atoms with van der Waals surface area (Å²) in [5.74, 6) is 1.87. The fourth-order valence-electron chi connectivity index (χ4n) is 2.51. The molecule has 1 fully saturated rings. The number of sulfonamides is 1.